The molecule has 0 aliphatic carbocycles. The van der Waals surface area contributed by atoms with E-state index in [1.807, 2.05) is 24.3 Å². The van der Waals surface area contributed by atoms with Gasteiger partial charge in [-0.25, -0.2) is 9.97 Å². The highest BCUT2D eigenvalue weighted by Gasteiger charge is 2.23. The third-order valence-electron chi connectivity index (χ3n) is 6.10. The fourth-order valence-corrected chi connectivity index (χ4v) is 5.61. The van der Waals surface area contributed by atoms with Gasteiger partial charge in [-0.2, -0.15) is 4.98 Å². The zero-order valence-electron chi connectivity index (χ0n) is 18.4. The molecule has 2 N–H and O–H groups in total. The lowest BCUT2D eigenvalue weighted by Gasteiger charge is -2.22. The van der Waals surface area contributed by atoms with E-state index in [2.05, 4.69) is 38.6 Å². The molecule has 0 saturated carbocycles. The van der Waals surface area contributed by atoms with Crippen LogP contribution in [0.5, 0.6) is 11.8 Å². The Hall–Kier alpha value is -3.27. The Morgan fingerprint density at radius 3 is 2.88 bits per heavy atom. The Balaban J connectivity index is 1.40. The van der Waals surface area contributed by atoms with Crippen molar-refractivity contribution in [2.75, 3.05) is 38.5 Å². The number of anilines is 1. The van der Waals surface area contributed by atoms with Crippen LogP contribution in [0.4, 0.5) is 5.69 Å². The van der Waals surface area contributed by atoms with Gasteiger partial charge in [0.2, 0.25) is 17.0 Å². The minimum absolute atomic E-state index is 0.0429. The number of rotatable bonds is 3. The molecular formula is C24H21ClN6O2S. The Kier molecular flexibility index (Phi) is 5.32. The van der Waals surface area contributed by atoms with Crippen LogP contribution in [0.3, 0.4) is 0 Å². The molecule has 0 atom stereocenters. The number of hydrogen-bond donors (Lipinski definition) is 2. The number of carbonyl (C=O) groups excluding carboxylic acids is 1. The number of pyridine rings is 1. The van der Waals surface area contributed by atoms with Crippen molar-refractivity contribution in [1.82, 2.24) is 25.2 Å². The molecule has 4 aromatic rings. The molecular weight excluding hydrogens is 472 g/mol. The van der Waals surface area contributed by atoms with E-state index in [1.165, 1.54) is 11.3 Å². The Morgan fingerprint density at radius 2 is 2.03 bits per heavy atom. The second-order valence-corrected chi connectivity index (χ2v) is 9.74. The van der Waals surface area contributed by atoms with Crippen LogP contribution in [0.1, 0.15) is 21.7 Å². The highest BCUT2D eigenvalue weighted by Crippen LogP contribution is 2.41. The SMILES string of the molecule is CN1CC=C(c2cnc(Cl)nc2Oc2ccc3c(ccc4sc5c(c43)NCCNC5=O)n2)CC1. The second kappa shape index (κ2) is 8.50. The standard InChI is InChI=1S/C24H21ClN6O2S/c1-31-10-6-13(7-11-31)15-12-28-24(25)30-23(15)33-18-5-2-14-16(29-18)3-4-17-19(14)20-21(34-17)22(32)27-9-8-26-20/h2-6,12,26H,7-11H2,1H3,(H,27,32). The molecule has 1 amide bonds. The molecule has 0 unspecified atom stereocenters. The number of benzene rings is 1. The maximum atomic E-state index is 12.5. The summed E-state index contributed by atoms with van der Waals surface area (Å²) in [6.07, 6.45) is 4.76. The molecule has 0 spiro atoms. The van der Waals surface area contributed by atoms with Crippen LogP contribution in [0.25, 0.3) is 26.6 Å². The van der Waals surface area contributed by atoms with E-state index < -0.39 is 0 Å². The molecule has 172 valence electrons. The molecule has 10 heteroatoms. The van der Waals surface area contributed by atoms with Gasteiger partial charge < -0.3 is 20.3 Å². The van der Waals surface area contributed by atoms with Crippen LogP contribution in [-0.4, -0.2) is 59.0 Å². The minimum Gasteiger partial charge on any atom is -0.420 e. The summed E-state index contributed by atoms with van der Waals surface area (Å²) in [7, 11) is 2.09. The van der Waals surface area contributed by atoms with Crippen molar-refractivity contribution in [3.05, 3.63) is 52.3 Å². The van der Waals surface area contributed by atoms with Gasteiger partial charge in [0.15, 0.2) is 0 Å². The third-order valence-corrected chi connectivity index (χ3v) is 7.43. The van der Waals surface area contributed by atoms with E-state index >= 15 is 0 Å². The van der Waals surface area contributed by atoms with Crippen LogP contribution in [0, 0.1) is 0 Å². The monoisotopic (exact) mass is 492 g/mol. The number of halogens is 1. The number of fused-ring (bicyclic) bond motifs is 5. The highest BCUT2D eigenvalue weighted by molar-refractivity contribution is 7.21. The summed E-state index contributed by atoms with van der Waals surface area (Å²) in [6, 6.07) is 7.75. The fourth-order valence-electron chi connectivity index (χ4n) is 4.37. The molecule has 8 nitrogen and oxygen atoms in total. The van der Waals surface area contributed by atoms with Crippen LogP contribution >= 0.6 is 22.9 Å². The van der Waals surface area contributed by atoms with E-state index in [9.17, 15) is 4.79 Å². The quantitative estimate of drug-likeness (QED) is 0.405. The van der Waals surface area contributed by atoms with Gasteiger partial charge in [0.1, 0.15) is 4.88 Å². The molecule has 6 rings (SSSR count). The van der Waals surface area contributed by atoms with Crippen molar-refractivity contribution >= 4 is 61.1 Å². The highest BCUT2D eigenvalue weighted by atomic mass is 35.5. The molecule has 1 aromatic carbocycles. The Morgan fingerprint density at radius 1 is 1.15 bits per heavy atom. The van der Waals surface area contributed by atoms with Crippen LogP contribution in [-0.2, 0) is 0 Å². The van der Waals surface area contributed by atoms with Crippen LogP contribution < -0.4 is 15.4 Å². The summed E-state index contributed by atoms with van der Waals surface area (Å²) in [5.74, 6) is 0.772. The van der Waals surface area contributed by atoms with E-state index in [-0.39, 0.29) is 11.2 Å². The van der Waals surface area contributed by atoms with E-state index in [4.69, 9.17) is 21.3 Å². The van der Waals surface area contributed by atoms with Crippen molar-refractivity contribution in [2.24, 2.45) is 0 Å². The average molecular weight is 493 g/mol. The summed E-state index contributed by atoms with van der Waals surface area (Å²) in [6.45, 7) is 3.09. The first-order chi connectivity index (χ1) is 16.6. The molecule has 2 aliphatic heterocycles. The van der Waals surface area contributed by atoms with Crippen molar-refractivity contribution in [3.8, 4) is 11.8 Å². The summed E-state index contributed by atoms with van der Waals surface area (Å²) in [5.41, 5.74) is 3.61. The summed E-state index contributed by atoms with van der Waals surface area (Å²) >= 11 is 7.58. The first-order valence-electron chi connectivity index (χ1n) is 11.0. The number of carbonyl (C=O) groups is 1. The molecule has 3 aromatic heterocycles. The van der Waals surface area contributed by atoms with E-state index in [0.29, 0.717) is 29.7 Å². The predicted octanol–water partition coefficient (Wildman–Crippen LogP) is 4.56. The molecule has 0 bridgehead atoms. The topological polar surface area (TPSA) is 92.3 Å². The number of nitrogens with one attached hydrogen (secondary N) is 2. The maximum Gasteiger partial charge on any atom is 0.263 e. The molecule has 2 aliphatic rings. The van der Waals surface area contributed by atoms with E-state index in [1.54, 1.807) is 6.20 Å². The Bertz CT molecular complexity index is 1480. The van der Waals surface area contributed by atoms with Gasteiger partial charge in [-0.15, -0.1) is 11.3 Å². The lowest BCUT2D eigenvalue weighted by Crippen LogP contribution is -2.24. The van der Waals surface area contributed by atoms with Gasteiger partial charge in [0.25, 0.3) is 5.91 Å². The van der Waals surface area contributed by atoms with Crippen molar-refractivity contribution in [3.63, 3.8) is 0 Å². The number of amides is 1. The van der Waals surface area contributed by atoms with Crippen LogP contribution in [0.15, 0.2) is 36.5 Å². The van der Waals surface area contributed by atoms with Gasteiger partial charge in [0.05, 0.1) is 16.8 Å². The average Bonchev–Trinajstić information content (AvgIpc) is 3.12. The zero-order valence-corrected chi connectivity index (χ0v) is 20.0. The van der Waals surface area contributed by atoms with Gasteiger partial charge in [-0.3, -0.25) is 4.79 Å². The normalized spacial score (nSPS) is 16.5. The molecule has 5 heterocycles. The van der Waals surface area contributed by atoms with Crippen molar-refractivity contribution in [2.45, 2.75) is 6.42 Å². The van der Waals surface area contributed by atoms with Gasteiger partial charge in [-0.1, -0.05) is 6.08 Å². The Labute approximate surface area is 204 Å². The van der Waals surface area contributed by atoms with Gasteiger partial charge in [0, 0.05) is 53.9 Å². The lowest BCUT2D eigenvalue weighted by atomic mass is 10.0. The fraction of sp³-hybridized carbons (Fsp3) is 0.250. The minimum atomic E-state index is -0.0429. The van der Waals surface area contributed by atoms with Crippen molar-refractivity contribution < 1.29 is 9.53 Å². The summed E-state index contributed by atoms with van der Waals surface area (Å²) in [5, 5.41) is 8.43. The van der Waals surface area contributed by atoms with Crippen LogP contribution in [0.2, 0.25) is 5.28 Å². The second-order valence-electron chi connectivity index (χ2n) is 8.35. The molecule has 0 saturated heterocycles. The van der Waals surface area contributed by atoms with Crippen molar-refractivity contribution in [1.29, 1.82) is 0 Å². The summed E-state index contributed by atoms with van der Waals surface area (Å²) in [4.78, 5) is 28.7. The zero-order chi connectivity index (χ0) is 23.2. The van der Waals surface area contributed by atoms with Gasteiger partial charge >= 0.3 is 0 Å². The smallest absolute Gasteiger partial charge is 0.263 e. The number of hydrogen-bond acceptors (Lipinski definition) is 8. The first-order valence-corrected chi connectivity index (χ1v) is 12.2. The number of aromatic nitrogens is 3. The van der Waals surface area contributed by atoms with E-state index in [0.717, 1.165) is 57.3 Å². The third kappa shape index (κ3) is 3.75. The van der Waals surface area contributed by atoms with Gasteiger partial charge in [-0.05, 0) is 48.8 Å². The number of ether oxygens (including phenoxy) is 1. The summed E-state index contributed by atoms with van der Waals surface area (Å²) < 4.78 is 7.18. The number of likely N-dealkylation sites (N-methyl/N-ethyl adjacent to an activating group) is 1. The number of thiophene rings is 1. The molecule has 34 heavy (non-hydrogen) atoms. The lowest BCUT2D eigenvalue weighted by molar-refractivity contribution is 0.0962. The molecule has 0 radical (unpaired) electrons. The maximum absolute atomic E-state index is 12.5. The molecule has 0 fully saturated rings. The first kappa shape index (κ1) is 21.3. The predicted molar refractivity (Wildman–Crippen MR) is 135 cm³/mol. The number of nitrogens with zero attached hydrogens (tertiary/aromatic N) is 4. The largest absolute Gasteiger partial charge is 0.420 e.